The first kappa shape index (κ1) is 19.0. The van der Waals surface area contributed by atoms with Gasteiger partial charge in [0.1, 0.15) is 5.82 Å². The highest BCUT2D eigenvalue weighted by Crippen LogP contribution is 2.32. The zero-order valence-electron chi connectivity index (χ0n) is 12.3. The Morgan fingerprint density at radius 1 is 1.32 bits per heavy atom. The average molecular weight is 350 g/mol. The summed E-state index contributed by atoms with van der Waals surface area (Å²) in [5.74, 6) is 0.207. The van der Waals surface area contributed by atoms with Gasteiger partial charge in [-0.15, -0.1) is 24.8 Å². The molecule has 22 heavy (non-hydrogen) atoms. The molecule has 1 aromatic carbocycles. The maximum absolute atomic E-state index is 12.9. The van der Waals surface area contributed by atoms with E-state index in [1.165, 1.54) is 12.1 Å². The van der Waals surface area contributed by atoms with E-state index in [4.69, 9.17) is 5.73 Å². The topological polar surface area (TPSA) is 58.4 Å². The zero-order valence-corrected chi connectivity index (χ0v) is 13.9. The Labute approximate surface area is 142 Å². The molecule has 0 radical (unpaired) electrons. The number of amides is 1. The number of rotatable bonds is 4. The molecule has 7 heteroatoms. The van der Waals surface area contributed by atoms with Crippen molar-refractivity contribution in [1.82, 2.24) is 5.32 Å². The summed E-state index contributed by atoms with van der Waals surface area (Å²) in [5, 5.41) is 2.96. The number of benzene rings is 1. The number of halogens is 3. The van der Waals surface area contributed by atoms with Gasteiger partial charge in [-0.2, -0.15) is 0 Å². The van der Waals surface area contributed by atoms with Gasteiger partial charge in [0, 0.05) is 25.3 Å². The highest BCUT2D eigenvalue weighted by atomic mass is 35.5. The van der Waals surface area contributed by atoms with Crippen LogP contribution in [-0.4, -0.2) is 31.1 Å². The van der Waals surface area contributed by atoms with E-state index in [1.54, 1.807) is 12.1 Å². The van der Waals surface area contributed by atoms with Crippen molar-refractivity contribution in [3.8, 4) is 0 Å². The Kier molecular flexibility index (Phi) is 6.47. The lowest BCUT2D eigenvalue weighted by atomic mass is 10.1. The smallest absolute Gasteiger partial charge is 0.240 e. The van der Waals surface area contributed by atoms with Crippen molar-refractivity contribution in [2.75, 3.05) is 24.5 Å². The first-order valence-electron chi connectivity index (χ1n) is 7.14. The van der Waals surface area contributed by atoms with Crippen LogP contribution in [0.4, 0.5) is 10.1 Å². The lowest BCUT2D eigenvalue weighted by Crippen LogP contribution is -2.44. The van der Waals surface area contributed by atoms with Crippen molar-refractivity contribution in [1.29, 1.82) is 0 Å². The van der Waals surface area contributed by atoms with Gasteiger partial charge in [-0.05, 0) is 49.4 Å². The highest BCUT2D eigenvalue weighted by Gasteiger charge is 2.45. The summed E-state index contributed by atoms with van der Waals surface area (Å²) in [5.41, 5.74) is 6.30. The first-order valence-corrected chi connectivity index (χ1v) is 7.14. The second kappa shape index (κ2) is 7.49. The minimum Gasteiger partial charge on any atom is -0.371 e. The van der Waals surface area contributed by atoms with Gasteiger partial charge in [0.15, 0.2) is 0 Å². The summed E-state index contributed by atoms with van der Waals surface area (Å²) in [6.07, 6.45) is 2.63. The van der Waals surface area contributed by atoms with Crippen LogP contribution in [0.25, 0.3) is 0 Å². The van der Waals surface area contributed by atoms with Crippen molar-refractivity contribution in [3.63, 3.8) is 0 Å². The first-order chi connectivity index (χ1) is 9.57. The van der Waals surface area contributed by atoms with Crippen LogP contribution in [-0.2, 0) is 4.79 Å². The molecule has 1 amide bonds. The van der Waals surface area contributed by atoms with Crippen molar-refractivity contribution < 1.29 is 9.18 Å². The van der Waals surface area contributed by atoms with Gasteiger partial charge in [0.05, 0.1) is 5.54 Å². The predicted octanol–water partition coefficient (Wildman–Crippen LogP) is 2.10. The van der Waals surface area contributed by atoms with Crippen molar-refractivity contribution in [3.05, 3.63) is 30.1 Å². The molecule has 4 nitrogen and oxygen atoms in total. The lowest BCUT2D eigenvalue weighted by molar-refractivity contribution is -0.123. The number of hydrogen-bond acceptors (Lipinski definition) is 3. The van der Waals surface area contributed by atoms with Gasteiger partial charge >= 0.3 is 0 Å². The van der Waals surface area contributed by atoms with Crippen LogP contribution >= 0.6 is 24.8 Å². The van der Waals surface area contributed by atoms with E-state index in [1.807, 2.05) is 0 Å². The van der Waals surface area contributed by atoms with Crippen LogP contribution in [0.3, 0.4) is 0 Å². The maximum atomic E-state index is 12.9. The molecular weight excluding hydrogens is 328 g/mol. The van der Waals surface area contributed by atoms with Crippen LogP contribution in [0.2, 0.25) is 0 Å². The molecule has 1 aliphatic carbocycles. The molecule has 1 saturated carbocycles. The molecule has 0 aromatic heterocycles. The molecule has 1 unspecified atom stereocenters. The Morgan fingerprint density at radius 2 is 1.95 bits per heavy atom. The molecule has 3 N–H and O–H groups in total. The molecule has 0 spiro atoms. The average Bonchev–Trinajstić information content (AvgIpc) is 3.03. The second-order valence-electron chi connectivity index (χ2n) is 5.94. The van der Waals surface area contributed by atoms with Gasteiger partial charge in [-0.3, -0.25) is 4.79 Å². The van der Waals surface area contributed by atoms with Crippen LogP contribution in [0.1, 0.15) is 19.3 Å². The summed E-state index contributed by atoms with van der Waals surface area (Å²) in [7, 11) is 0. The van der Waals surface area contributed by atoms with E-state index in [0.717, 1.165) is 38.0 Å². The van der Waals surface area contributed by atoms with E-state index >= 15 is 0 Å². The van der Waals surface area contributed by atoms with Gasteiger partial charge in [0.25, 0.3) is 0 Å². The number of nitrogens with zero attached hydrogens (tertiary/aromatic N) is 1. The van der Waals surface area contributed by atoms with Crippen molar-refractivity contribution >= 4 is 36.4 Å². The monoisotopic (exact) mass is 349 g/mol. The molecule has 1 heterocycles. The number of nitrogens with two attached hydrogens (primary N) is 1. The molecule has 3 rings (SSSR count). The number of carbonyl (C=O) groups is 1. The van der Waals surface area contributed by atoms with Gasteiger partial charge in [-0.25, -0.2) is 4.39 Å². The van der Waals surface area contributed by atoms with E-state index in [0.29, 0.717) is 12.5 Å². The summed E-state index contributed by atoms with van der Waals surface area (Å²) in [4.78, 5) is 14.0. The molecule has 0 bridgehead atoms. The van der Waals surface area contributed by atoms with Crippen LogP contribution < -0.4 is 16.0 Å². The summed E-state index contributed by atoms with van der Waals surface area (Å²) in [6, 6.07) is 6.57. The summed E-state index contributed by atoms with van der Waals surface area (Å²) < 4.78 is 12.9. The molecular formula is C15H22Cl2FN3O. The Bertz CT molecular complexity index is 508. The highest BCUT2D eigenvalue weighted by molar-refractivity contribution is 5.88. The third-order valence-corrected chi connectivity index (χ3v) is 4.27. The van der Waals surface area contributed by atoms with E-state index in [9.17, 15) is 9.18 Å². The maximum Gasteiger partial charge on any atom is 0.240 e. The number of nitrogens with one attached hydrogen (secondary N) is 1. The second-order valence-corrected chi connectivity index (χ2v) is 5.94. The van der Waals surface area contributed by atoms with Crippen molar-refractivity contribution in [2.24, 2.45) is 11.7 Å². The Hall–Kier alpha value is -1.04. The van der Waals surface area contributed by atoms with E-state index in [-0.39, 0.29) is 36.5 Å². The van der Waals surface area contributed by atoms with E-state index in [2.05, 4.69) is 10.2 Å². The molecule has 1 aromatic rings. The quantitative estimate of drug-likeness (QED) is 0.875. The number of anilines is 1. The molecule has 1 saturated heterocycles. The van der Waals surface area contributed by atoms with Gasteiger partial charge in [-0.1, -0.05) is 0 Å². The lowest BCUT2D eigenvalue weighted by Gasteiger charge is -2.19. The fraction of sp³-hybridized carbons (Fsp3) is 0.533. The zero-order chi connectivity index (χ0) is 14.2. The van der Waals surface area contributed by atoms with Crippen LogP contribution in [0.5, 0.6) is 0 Å². The largest absolute Gasteiger partial charge is 0.371 e. The minimum absolute atomic E-state index is 0. The summed E-state index contributed by atoms with van der Waals surface area (Å²) in [6.45, 7) is 2.51. The minimum atomic E-state index is -0.588. The van der Waals surface area contributed by atoms with Gasteiger partial charge < -0.3 is 16.0 Å². The van der Waals surface area contributed by atoms with Crippen LogP contribution in [0, 0.1) is 11.7 Å². The summed E-state index contributed by atoms with van der Waals surface area (Å²) >= 11 is 0. The Morgan fingerprint density at radius 3 is 2.55 bits per heavy atom. The fourth-order valence-corrected chi connectivity index (χ4v) is 2.66. The molecule has 2 fully saturated rings. The van der Waals surface area contributed by atoms with E-state index < -0.39 is 5.54 Å². The molecule has 1 atom stereocenters. The molecule has 1 aliphatic heterocycles. The molecule has 2 aliphatic rings. The normalized spacial score (nSPS) is 21.5. The number of carbonyl (C=O) groups excluding carboxylic acids is 1. The number of hydrogen-bond donors (Lipinski definition) is 2. The predicted molar refractivity (Wildman–Crippen MR) is 90.4 cm³/mol. The van der Waals surface area contributed by atoms with Gasteiger partial charge in [0.2, 0.25) is 5.91 Å². The fourth-order valence-electron chi connectivity index (χ4n) is 2.66. The Balaban J connectivity index is 0.00000121. The standard InChI is InChI=1S/C15H20FN3O.2ClH/c16-12-1-3-13(4-2-12)19-8-5-11(10-19)9-18-14(20)15(17)6-7-15;;/h1-4,11H,5-10,17H2,(H,18,20);2*1H. The van der Waals surface area contributed by atoms with Crippen LogP contribution in [0.15, 0.2) is 24.3 Å². The third kappa shape index (κ3) is 4.24. The molecule has 124 valence electrons. The SMILES string of the molecule is Cl.Cl.NC1(C(=O)NCC2CCN(c3ccc(F)cc3)C2)CC1. The van der Waals surface area contributed by atoms with Crippen molar-refractivity contribution in [2.45, 2.75) is 24.8 Å². The third-order valence-electron chi connectivity index (χ3n) is 4.27.